The summed E-state index contributed by atoms with van der Waals surface area (Å²) in [4.78, 5) is 30.0. The zero-order valence-electron chi connectivity index (χ0n) is 16.3. The van der Waals surface area contributed by atoms with Gasteiger partial charge in [-0.15, -0.1) is 0 Å². The van der Waals surface area contributed by atoms with E-state index in [2.05, 4.69) is 13.8 Å². The maximum absolute atomic E-state index is 13.2. The van der Waals surface area contributed by atoms with Crippen LogP contribution in [0.1, 0.15) is 32.3 Å². The third-order valence-corrected chi connectivity index (χ3v) is 6.47. The van der Waals surface area contributed by atoms with Crippen LogP contribution in [-0.4, -0.2) is 53.5 Å². The molecule has 1 spiro atoms. The molecule has 1 aromatic heterocycles. The van der Waals surface area contributed by atoms with E-state index >= 15 is 0 Å². The van der Waals surface area contributed by atoms with Gasteiger partial charge in [-0.3, -0.25) is 9.59 Å². The summed E-state index contributed by atoms with van der Waals surface area (Å²) in [5, 5.41) is 0. The van der Waals surface area contributed by atoms with Gasteiger partial charge in [-0.1, -0.05) is 38.8 Å². The average Bonchev–Trinajstić information content (AvgIpc) is 3.42. The molecule has 3 aliphatic rings. The molecule has 4 atom stereocenters. The average molecular weight is 372 g/mol. The van der Waals surface area contributed by atoms with Gasteiger partial charge in [-0.05, 0) is 12.0 Å². The second kappa shape index (κ2) is 6.82. The monoisotopic (exact) mass is 372 g/mol. The first-order chi connectivity index (χ1) is 13.0. The lowest BCUT2D eigenvalue weighted by molar-refractivity contribution is -0.142. The van der Waals surface area contributed by atoms with Crippen molar-refractivity contribution in [1.82, 2.24) is 9.80 Å². The number of ether oxygens (including phenoxy) is 1. The van der Waals surface area contributed by atoms with Gasteiger partial charge in [0.15, 0.2) is 0 Å². The molecule has 2 bridgehead atoms. The topological polar surface area (TPSA) is 63.0 Å². The van der Waals surface area contributed by atoms with E-state index in [1.807, 2.05) is 23.1 Å². The van der Waals surface area contributed by atoms with Crippen LogP contribution in [0.25, 0.3) is 0 Å². The molecule has 27 heavy (non-hydrogen) atoms. The molecule has 0 aromatic carbocycles. The molecule has 2 saturated heterocycles. The molecule has 1 aromatic rings. The number of carbonyl (C=O) groups is 2. The second-order valence-electron chi connectivity index (χ2n) is 8.13. The van der Waals surface area contributed by atoms with Crippen molar-refractivity contribution < 1.29 is 18.7 Å². The minimum Gasteiger partial charge on any atom is -0.472 e. The summed E-state index contributed by atoms with van der Waals surface area (Å²) in [7, 11) is 1.78. The van der Waals surface area contributed by atoms with Crippen molar-refractivity contribution in [3.63, 3.8) is 0 Å². The molecular formula is C21H28N2O4. The molecule has 0 radical (unpaired) electrons. The van der Waals surface area contributed by atoms with Crippen LogP contribution in [0.15, 0.2) is 35.2 Å². The Balaban J connectivity index is 1.53. The summed E-state index contributed by atoms with van der Waals surface area (Å²) in [5.74, 6) is -0.311. The molecule has 0 aliphatic carbocycles. The fourth-order valence-corrected chi connectivity index (χ4v) is 4.86. The molecule has 2 amide bonds. The Bertz CT molecular complexity index is 739. The van der Waals surface area contributed by atoms with Crippen LogP contribution < -0.4 is 0 Å². The van der Waals surface area contributed by atoms with Gasteiger partial charge in [-0.25, -0.2) is 0 Å². The van der Waals surface area contributed by atoms with Crippen molar-refractivity contribution in [2.45, 2.75) is 44.9 Å². The molecular weight excluding hydrogens is 344 g/mol. The number of likely N-dealkylation sites (tertiary alicyclic amines) is 1. The molecule has 0 N–H and O–H groups in total. The highest BCUT2D eigenvalue weighted by Crippen LogP contribution is 2.52. The molecule has 4 heterocycles. The summed E-state index contributed by atoms with van der Waals surface area (Å²) in [5.41, 5.74) is 0.318. The van der Waals surface area contributed by atoms with E-state index in [0.717, 1.165) is 24.9 Å². The number of hydrogen-bond donors (Lipinski definition) is 0. The van der Waals surface area contributed by atoms with Crippen LogP contribution in [0.2, 0.25) is 0 Å². The van der Waals surface area contributed by atoms with Crippen LogP contribution in [0.5, 0.6) is 0 Å². The standard InChI is InChI=1S/C21H28N2O4/c1-4-14(5-2)11-23-13-21-8-6-16(27-21)17(18(21)20(23)25)19(24)22(3)10-15-7-9-26-12-15/h6-9,12,14,16-18H,4-5,10-11,13H2,1-3H3/t16-,17-,18-,21-/m0/s1. The van der Waals surface area contributed by atoms with E-state index in [0.29, 0.717) is 19.0 Å². The highest BCUT2D eigenvalue weighted by atomic mass is 16.5. The first kappa shape index (κ1) is 18.3. The van der Waals surface area contributed by atoms with Gasteiger partial charge in [-0.2, -0.15) is 0 Å². The van der Waals surface area contributed by atoms with E-state index in [1.54, 1.807) is 24.5 Å². The summed E-state index contributed by atoms with van der Waals surface area (Å²) >= 11 is 0. The number of amides is 2. The molecule has 3 aliphatic heterocycles. The van der Waals surface area contributed by atoms with Crippen LogP contribution in [0.3, 0.4) is 0 Å². The van der Waals surface area contributed by atoms with E-state index < -0.39 is 17.4 Å². The Labute approximate surface area is 160 Å². The normalized spacial score (nSPS) is 31.2. The summed E-state index contributed by atoms with van der Waals surface area (Å²) in [6, 6.07) is 1.85. The maximum Gasteiger partial charge on any atom is 0.230 e. The van der Waals surface area contributed by atoms with Crippen LogP contribution >= 0.6 is 0 Å². The Hall–Kier alpha value is -2.08. The number of hydrogen-bond acceptors (Lipinski definition) is 4. The summed E-state index contributed by atoms with van der Waals surface area (Å²) in [6.45, 7) is 6.10. The highest BCUT2D eigenvalue weighted by Gasteiger charge is 2.67. The third kappa shape index (κ3) is 2.90. The SMILES string of the molecule is CCC(CC)CN1C[C@]23C=C[C@H](O2)[C@H](C(=O)N(C)Cc2ccoc2)[C@H]3C1=O. The largest absolute Gasteiger partial charge is 0.472 e. The van der Waals surface area contributed by atoms with Crippen LogP contribution in [0, 0.1) is 17.8 Å². The summed E-state index contributed by atoms with van der Waals surface area (Å²) in [6.07, 6.45) is 9.03. The van der Waals surface area contributed by atoms with Crippen molar-refractivity contribution in [2.75, 3.05) is 20.1 Å². The molecule has 6 nitrogen and oxygen atoms in total. The molecule has 6 heteroatoms. The molecule has 0 unspecified atom stereocenters. The van der Waals surface area contributed by atoms with E-state index in [-0.39, 0.29) is 17.9 Å². The maximum atomic E-state index is 13.2. The molecule has 0 saturated carbocycles. The first-order valence-corrected chi connectivity index (χ1v) is 9.91. The zero-order valence-corrected chi connectivity index (χ0v) is 16.3. The van der Waals surface area contributed by atoms with E-state index in [9.17, 15) is 9.59 Å². The van der Waals surface area contributed by atoms with Crippen LogP contribution in [-0.2, 0) is 20.9 Å². The zero-order chi connectivity index (χ0) is 19.2. The Morgan fingerprint density at radius 1 is 1.41 bits per heavy atom. The lowest BCUT2D eigenvalue weighted by atomic mass is 9.76. The Morgan fingerprint density at radius 3 is 2.85 bits per heavy atom. The van der Waals surface area contributed by atoms with Gasteiger partial charge >= 0.3 is 0 Å². The van der Waals surface area contributed by atoms with Crippen LogP contribution in [0.4, 0.5) is 0 Å². The number of rotatable bonds is 7. The van der Waals surface area contributed by atoms with Crippen molar-refractivity contribution in [3.8, 4) is 0 Å². The van der Waals surface area contributed by atoms with E-state index in [1.165, 1.54) is 0 Å². The minimum atomic E-state index is -0.620. The smallest absolute Gasteiger partial charge is 0.230 e. The number of furan rings is 1. The van der Waals surface area contributed by atoms with Crippen molar-refractivity contribution in [1.29, 1.82) is 0 Å². The third-order valence-electron chi connectivity index (χ3n) is 6.47. The second-order valence-corrected chi connectivity index (χ2v) is 8.13. The van der Waals surface area contributed by atoms with Gasteiger partial charge in [0.1, 0.15) is 5.60 Å². The first-order valence-electron chi connectivity index (χ1n) is 9.91. The number of fused-ring (bicyclic) bond motifs is 1. The quantitative estimate of drug-likeness (QED) is 0.690. The van der Waals surface area contributed by atoms with Crippen molar-refractivity contribution in [2.24, 2.45) is 17.8 Å². The molecule has 2 fully saturated rings. The fraction of sp³-hybridized carbons (Fsp3) is 0.619. The summed E-state index contributed by atoms with van der Waals surface area (Å²) < 4.78 is 11.3. The predicted molar refractivity (Wildman–Crippen MR) is 99.6 cm³/mol. The highest BCUT2D eigenvalue weighted by molar-refractivity contribution is 5.93. The van der Waals surface area contributed by atoms with Gasteiger partial charge in [0.2, 0.25) is 11.8 Å². The van der Waals surface area contributed by atoms with E-state index in [4.69, 9.17) is 9.15 Å². The lowest BCUT2D eigenvalue weighted by Gasteiger charge is -2.28. The van der Waals surface area contributed by atoms with Crippen molar-refractivity contribution in [3.05, 3.63) is 36.3 Å². The van der Waals surface area contributed by atoms with Crippen molar-refractivity contribution >= 4 is 11.8 Å². The Kier molecular flexibility index (Phi) is 4.62. The van der Waals surface area contributed by atoms with Gasteiger partial charge in [0.05, 0.1) is 37.0 Å². The number of nitrogens with zero attached hydrogens (tertiary/aromatic N) is 2. The number of carbonyl (C=O) groups excluding carboxylic acids is 2. The lowest BCUT2D eigenvalue weighted by Crippen LogP contribution is -2.44. The van der Waals surface area contributed by atoms with Gasteiger partial charge in [0, 0.05) is 25.7 Å². The minimum absolute atomic E-state index is 0.0323. The van der Waals surface area contributed by atoms with Gasteiger partial charge in [0.25, 0.3) is 0 Å². The predicted octanol–water partition coefficient (Wildman–Crippen LogP) is 2.46. The van der Waals surface area contributed by atoms with Gasteiger partial charge < -0.3 is 19.0 Å². The molecule has 4 rings (SSSR count). The Morgan fingerprint density at radius 2 is 2.19 bits per heavy atom. The molecule has 146 valence electrons. The fourth-order valence-electron chi connectivity index (χ4n) is 4.86.